The molecule has 2 bridgehead atoms. The van der Waals surface area contributed by atoms with E-state index in [2.05, 4.69) is 20.9 Å². The van der Waals surface area contributed by atoms with E-state index in [9.17, 15) is 0 Å². The highest BCUT2D eigenvalue weighted by atomic mass is 35.5. The maximum absolute atomic E-state index is 6.71. The number of para-hydroxylation sites is 1. The van der Waals surface area contributed by atoms with E-state index in [4.69, 9.17) is 32.8 Å². The lowest BCUT2D eigenvalue weighted by atomic mass is 9.79. The third-order valence-electron chi connectivity index (χ3n) is 6.89. The van der Waals surface area contributed by atoms with Gasteiger partial charge in [-0.25, -0.2) is 15.0 Å². The molecular formula is C23H23ClN6OS. The summed E-state index contributed by atoms with van der Waals surface area (Å²) in [7, 11) is 0. The van der Waals surface area contributed by atoms with Gasteiger partial charge in [-0.3, -0.25) is 0 Å². The van der Waals surface area contributed by atoms with Gasteiger partial charge in [0.1, 0.15) is 28.0 Å². The molecule has 4 N–H and O–H groups in total. The SMILES string of the molecule is Nc1nccc(Sc2cnc(N3[C@@H]4CC[C@H]3CC3(C4)Oc4ccccc4[C@H]3N)cn2)c1Cl. The van der Waals surface area contributed by atoms with Crippen LogP contribution in [0.5, 0.6) is 5.75 Å². The smallest absolute Gasteiger partial charge is 0.147 e. The number of piperidine rings is 1. The second-order valence-corrected chi connectivity index (χ2v) is 10.1. The van der Waals surface area contributed by atoms with Crippen molar-refractivity contribution >= 4 is 35.0 Å². The molecule has 2 saturated heterocycles. The summed E-state index contributed by atoms with van der Waals surface area (Å²) in [5, 5.41) is 1.20. The number of hydrogen-bond donors (Lipinski definition) is 2. The van der Waals surface area contributed by atoms with Gasteiger partial charge in [-0.05, 0) is 25.0 Å². The van der Waals surface area contributed by atoms with Crippen LogP contribution in [0.3, 0.4) is 0 Å². The van der Waals surface area contributed by atoms with Gasteiger partial charge in [-0.1, -0.05) is 41.6 Å². The normalized spacial score (nSPS) is 28.1. The van der Waals surface area contributed by atoms with Gasteiger partial charge < -0.3 is 21.1 Å². The Hall–Kier alpha value is -2.55. The Morgan fingerprint density at radius 1 is 1.06 bits per heavy atom. The minimum atomic E-state index is -0.326. The van der Waals surface area contributed by atoms with Crippen LogP contribution in [0.4, 0.5) is 11.6 Å². The van der Waals surface area contributed by atoms with Crippen LogP contribution in [0.2, 0.25) is 5.02 Å². The number of aromatic nitrogens is 3. The third-order valence-corrected chi connectivity index (χ3v) is 8.38. The lowest BCUT2D eigenvalue weighted by molar-refractivity contribution is 0.0272. The van der Waals surface area contributed by atoms with Crippen LogP contribution >= 0.6 is 23.4 Å². The molecule has 0 radical (unpaired) electrons. The molecule has 7 nitrogen and oxygen atoms in total. The van der Waals surface area contributed by atoms with Crippen molar-refractivity contribution < 1.29 is 4.74 Å². The van der Waals surface area contributed by atoms with Crippen molar-refractivity contribution in [2.24, 2.45) is 5.73 Å². The first-order chi connectivity index (χ1) is 15.5. The summed E-state index contributed by atoms with van der Waals surface area (Å²) in [6.45, 7) is 0. The quantitative estimate of drug-likeness (QED) is 0.591. The molecular weight excluding hydrogens is 444 g/mol. The van der Waals surface area contributed by atoms with Crippen molar-refractivity contribution in [1.29, 1.82) is 0 Å². The number of hydrogen-bond acceptors (Lipinski definition) is 8. The molecule has 2 aromatic heterocycles. The Bertz CT molecular complexity index is 1160. The molecule has 6 rings (SSSR count). The molecule has 1 unspecified atom stereocenters. The molecule has 1 spiro atoms. The largest absolute Gasteiger partial charge is 0.485 e. The first-order valence-electron chi connectivity index (χ1n) is 10.8. The molecule has 32 heavy (non-hydrogen) atoms. The molecule has 0 aliphatic carbocycles. The standard InChI is InChI=1S/C23H23ClN6OS/c24-20-17(7-8-27-22(20)26)32-19-12-28-18(11-29-19)30-13-5-6-14(30)10-23(9-13)21(25)15-3-1-2-4-16(15)31-23/h1-4,7-8,11-14,21H,5-6,9-10,25H2,(H2,26,27)/t13-,14+,21-,23?/m1/s1. The van der Waals surface area contributed by atoms with E-state index in [-0.39, 0.29) is 11.6 Å². The number of pyridine rings is 1. The van der Waals surface area contributed by atoms with Gasteiger partial charge in [0.2, 0.25) is 0 Å². The molecule has 2 fully saturated rings. The van der Waals surface area contributed by atoms with E-state index in [1.807, 2.05) is 30.5 Å². The second-order valence-electron chi connectivity index (χ2n) is 8.71. The number of nitrogen functional groups attached to an aromatic ring is 1. The monoisotopic (exact) mass is 466 g/mol. The van der Waals surface area contributed by atoms with Crippen molar-refractivity contribution in [3.63, 3.8) is 0 Å². The average Bonchev–Trinajstić information content (AvgIpc) is 3.23. The molecule has 3 aliphatic heterocycles. The van der Waals surface area contributed by atoms with Crippen LogP contribution in [0.25, 0.3) is 0 Å². The Morgan fingerprint density at radius 2 is 1.84 bits per heavy atom. The minimum absolute atomic E-state index is 0.0913. The average molecular weight is 467 g/mol. The Kier molecular flexibility index (Phi) is 4.71. The van der Waals surface area contributed by atoms with E-state index in [0.717, 1.165) is 52.7 Å². The van der Waals surface area contributed by atoms with E-state index < -0.39 is 0 Å². The van der Waals surface area contributed by atoms with Gasteiger partial charge in [0, 0.05) is 41.6 Å². The molecule has 9 heteroatoms. The summed E-state index contributed by atoms with van der Waals surface area (Å²) in [6.07, 6.45) is 9.30. The molecule has 0 amide bonds. The molecule has 3 aliphatic rings. The Balaban J connectivity index is 1.21. The van der Waals surface area contributed by atoms with Crippen LogP contribution in [-0.2, 0) is 0 Å². The van der Waals surface area contributed by atoms with E-state index in [1.54, 1.807) is 12.4 Å². The number of halogens is 1. The first kappa shape index (κ1) is 20.1. The number of benzene rings is 1. The number of anilines is 2. The Labute approximate surface area is 195 Å². The van der Waals surface area contributed by atoms with Crippen molar-refractivity contribution in [3.8, 4) is 5.75 Å². The first-order valence-corrected chi connectivity index (χ1v) is 12.0. The Morgan fingerprint density at radius 3 is 2.56 bits per heavy atom. The van der Waals surface area contributed by atoms with Crippen molar-refractivity contribution in [2.75, 3.05) is 10.6 Å². The highest BCUT2D eigenvalue weighted by Crippen LogP contribution is 2.53. The van der Waals surface area contributed by atoms with Gasteiger partial charge >= 0.3 is 0 Å². The van der Waals surface area contributed by atoms with E-state index >= 15 is 0 Å². The summed E-state index contributed by atoms with van der Waals surface area (Å²) < 4.78 is 6.50. The number of nitrogens with two attached hydrogens (primary N) is 2. The number of rotatable bonds is 3. The lowest BCUT2D eigenvalue weighted by Gasteiger charge is -2.46. The topological polar surface area (TPSA) is 103 Å². The van der Waals surface area contributed by atoms with Gasteiger partial charge in [0.05, 0.1) is 23.5 Å². The zero-order valence-corrected chi connectivity index (χ0v) is 18.9. The van der Waals surface area contributed by atoms with Crippen LogP contribution in [0, 0.1) is 0 Å². The predicted octanol–water partition coefficient (Wildman–Crippen LogP) is 4.22. The minimum Gasteiger partial charge on any atom is -0.485 e. The maximum Gasteiger partial charge on any atom is 0.147 e. The van der Waals surface area contributed by atoms with Crippen LogP contribution in [-0.4, -0.2) is 32.6 Å². The summed E-state index contributed by atoms with van der Waals surface area (Å²) in [5.74, 6) is 2.15. The summed E-state index contributed by atoms with van der Waals surface area (Å²) in [5.41, 5.74) is 13.3. The van der Waals surface area contributed by atoms with Crippen molar-refractivity contribution in [3.05, 3.63) is 59.5 Å². The fourth-order valence-corrected chi connectivity index (χ4v) is 6.47. The highest BCUT2D eigenvalue weighted by molar-refractivity contribution is 7.99. The molecule has 1 aromatic carbocycles. The predicted molar refractivity (Wildman–Crippen MR) is 125 cm³/mol. The zero-order valence-electron chi connectivity index (χ0n) is 17.3. The van der Waals surface area contributed by atoms with E-state index in [1.165, 1.54) is 11.8 Å². The fourth-order valence-electron chi connectivity index (χ4n) is 5.48. The van der Waals surface area contributed by atoms with Gasteiger partial charge in [0.25, 0.3) is 0 Å². The van der Waals surface area contributed by atoms with Crippen molar-refractivity contribution in [1.82, 2.24) is 15.0 Å². The fraction of sp³-hybridized carbons (Fsp3) is 0.348. The van der Waals surface area contributed by atoms with E-state index in [0.29, 0.717) is 22.9 Å². The molecule has 164 valence electrons. The molecule has 0 saturated carbocycles. The third kappa shape index (κ3) is 3.12. The molecule has 4 atom stereocenters. The van der Waals surface area contributed by atoms with Gasteiger partial charge in [-0.15, -0.1) is 0 Å². The summed E-state index contributed by atoms with van der Waals surface area (Å²) >= 11 is 7.69. The van der Waals surface area contributed by atoms with Gasteiger partial charge in [-0.2, -0.15) is 0 Å². The van der Waals surface area contributed by atoms with Crippen LogP contribution in [0.1, 0.15) is 37.3 Å². The van der Waals surface area contributed by atoms with Gasteiger partial charge in [0.15, 0.2) is 0 Å². The zero-order chi connectivity index (χ0) is 21.9. The maximum atomic E-state index is 6.71. The second kappa shape index (κ2) is 7.50. The summed E-state index contributed by atoms with van der Waals surface area (Å²) in [4.78, 5) is 16.6. The molecule has 3 aromatic rings. The molecule has 5 heterocycles. The summed E-state index contributed by atoms with van der Waals surface area (Å²) in [6, 6.07) is 10.6. The number of ether oxygens (including phenoxy) is 1. The lowest BCUT2D eigenvalue weighted by Crippen LogP contribution is -2.56. The van der Waals surface area contributed by atoms with Crippen molar-refractivity contribution in [2.45, 2.75) is 59.3 Å². The number of nitrogens with zero attached hydrogens (tertiary/aromatic N) is 4. The highest BCUT2D eigenvalue weighted by Gasteiger charge is 2.56. The van der Waals surface area contributed by atoms with Crippen LogP contribution in [0.15, 0.2) is 58.8 Å². The number of fused-ring (bicyclic) bond motifs is 3. The van der Waals surface area contributed by atoms with Crippen LogP contribution < -0.4 is 21.1 Å².